The van der Waals surface area contributed by atoms with Crippen molar-refractivity contribution in [3.8, 4) is 11.3 Å². The van der Waals surface area contributed by atoms with Gasteiger partial charge in [-0.15, -0.1) is 11.3 Å². The molecule has 0 bridgehead atoms. The summed E-state index contributed by atoms with van der Waals surface area (Å²) in [5.41, 5.74) is 5.83. The molecule has 1 aliphatic heterocycles. The van der Waals surface area contributed by atoms with E-state index in [-0.39, 0.29) is 0 Å². The van der Waals surface area contributed by atoms with Gasteiger partial charge in [0.1, 0.15) is 0 Å². The Hall–Kier alpha value is -2.70. The number of aromatic nitrogens is 1. The molecule has 0 amide bonds. The van der Waals surface area contributed by atoms with Crippen LogP contribution in [-0.2, 0) is 11.2 Å². The van der Waals surface area contributed by atoms with Gasteiger partial charge in [0.05, 0.1) is 25.1 Å². The summed E-state index contributed by atoms with van der Waals surface area (Å²) >= 11 is 1.60. The standard InChI is InChI=1S/C23H26N4OS/c1-3-18-4-8-20(9-5-18)22-17-29-23(24-2)27(22)25-16-19-6-10-21(11-7-19)26-12-14-28-15-13-26/h4-11,16-17H,3,12-15H2,1-2H3. The van der Waals surface area contributed by atoms with Crippen LogP contribution in [0.15, 0.2) is 64.0 Å². The molecule has 5 nitrogen and oxygen atoms in total. The molecule has 2 heterocycles. The van der Waals surface area contributed by atoms with Crippen molar-refractivity contribution in [1.82, 2.24) is 4.68 Å². The Balaban J connectivity index is 1.58. The predicted molar refractivity (Wildman–Crippen MR) is 121 cm³/mol. The molecule has 150 valence electrons. The third-order valence-corrected chi connectivity index (χ3v) is 6.03. The Morgan fingerprint density at radius 3 is 2.41 bits per heavy atom. The van der Waals surface area contributed by atoms with Crippen LogP contribution in [0.4, 0.5) is 5.69 Å². The Morgan fingerprint density at radius 2 is 1.76 bits per heavy atom. The summed E-state index contributed by atoms with van der Waals surface area (Å²) in [7, 11) is 1.80. The smallest absolute Gasteiger partial charge is 0.205 e. The van der Waals surface area contributed by atoms with E-state index in [0.717, 1.165) is 54.3 Å². The monoisotopic (exact) mass is 406 g/mol. The highest BCUT2D eigenvalue weighted by Crippen LogP contribution is 2.21. The minimum atomic E-state index is 0.795. The van der Waals surface area contributed by atoms with Crippen LogP contribution < -0.4 is 9.70 Å². The Kier molecular flexibility index (Phi) is 6.22. The van der Waals surface area contributed by atoms with Crippen molar-refractivity contribution in [3.05, 3.63) is 69.8 Å². The minimum absolute atomic E-state index is 0.795. The molecule has 0 spiro atoms. The van der Waals surface area contributed by atoms with Gasteiger partial charge in [0.15, 0.2) is 0 Å². The van der Waals surface area contributed by atoms with Gasteiger partial charge in [-0.25, -0.2) is 4.68 Å². The third-order valence-electron chi connectivity index (χ3n) is 5.13. The molecule has 0 unspecified atom stereocenters. The van der Waals surface area contributed by atoms with Gasteiger partial charge in [-0.3, -0.25) is 4.99 Å². The molecule has 0 radical (unpaired) electrons. The lowest BCUT2D eigenvalue weighted by molar-refractivity contribution is 0.122. The first-order valence-corrected chi connectivity index (χ1v) is 10.9. The first-order valence-electron chi connectivity index (χ1n) is 9.98. The van der Waals surface area contributed by atoms with Gasteiger partial charge in [0, 0.05) is 36.8 Å². The van der Waals surface area contributed by atoms with Crippen molar-refractivity contribution in [1.29, 1.82) is 0 Å². The summed E-state index contributed by atoms with van der Waals surface area (Å²) in [6.07, 6.45) is 2.94. The summed E-state index contributed by atoms with van der Waals surface area (Å²) in [5, 5.41) is 6.86. The van der Waals surface area contributed by atoms with E-state index in [0.29, 0.717) is 0 Å². The average Bonchev–Trinajstić information content (AvgIpc) is 3.21. The second-order valence-electron chi connectivity index (χ2n) is 6.92. The van der Waals surface area contributed by atoms with Crippen molar-refractivity contribution in [2.24, 2.45) is 10.1 Å². The van der Waals surface area contributed by atoms with Gasteiger partial charge in [0.2, 0.25) is 4.80 Å². The van der Waals surface area contributed by atoms with E-state index in [2.05, 4.69) is 70.7 Å². The van der Waals surface area contributed by atoms with Gasteiger partial charge in [-0.05, 0) is 29.7 Å². The molecule has 6 heteroatoms. The molecule has 0 aliphatic carbocycles. The van der Waals surface area contributed by atoms with Gasteiger partial charge in [-0.1, -0.05) is 43.3 Å². The molecular weight excluding hydrogens is 380 g/mol. The van der Waals surface area contributed by atoms with E-state index >= 15 is 0 Å². The lowest BCUT2D eigenvalue weighted by atomic mass is 10.1. The zero-order valence-electron chi connectivity index (χ0n) is 16.9. The van der Waals surface area contributed by atoms with Crippen LogP contribution in [0.1, 0.15) is 18.1 Å². The predicted octanol–water partition coefficient (Wildman–Crippen LogP) is 4.03. The first-order chi connectivity index (χ1) is 14.3. The van der Waals surface area contributed by atoms with Crippen molar-refractivity contribution >= 4 is 23.2 Å². The molecule has 1 fully saturated rings. The summed E-state index contributed by atoms with van der Waals surface area (Å²) in [6, 6.07) is 17.2. The van der Waals surface area contributed by atoms with Crippen LogP contribution in [0.3, 0.4) is 0 Å². The number of hydrogen-bond donors (Lipinski definition) is 0. The molecule has 1 aromatic heterocycles. The molecule has 2 aromatic carbocycles. The maximum absolute atomic E-state index is 5.43. The average molecular weight is 407 g/mol. The fourth-order valence-electron chi connectivity index (χ4n) is 3.39. The summed E-state index contributed by atoms with van der Waals surface area (Å²) in [5.74, 6) is 0. The van der Waals surface area contributed by atoms with Crippen LogP contribution in [0.25, 0.3) is 11.3 Å². The number of morpholine rings is 1. The zero-order chi connectivity index (χ0) is 20.1. The largest absolute Gasteiger partial charge is 0.378 e. The number of rotatable bonds is 5. The SMILES string of the molecule is CCc1ccc(-c2csc(=NC)n2N=Cc2ccc(N3CCOCC3)cc2)cc1. The minimum Gasteiger partial charge on any atom is -0.378 e. The van der Waals surface area contributed by atoms with Crippen LogP contribution in [0, 0.1) is 0 Å². The molecular formula is C23H26N4OS. The molecule has 3 aromatic rings. The van der Waals surface area contributed by atoms with Crippen LogP contribution in [-0.4, -0.2) is 44.2 Å². The second-order valence-corrected chi connectivity index (χ2v) is 7.76. The van der Waals surface area contributed by atoms with Gasteiger partial charge >= 0.3 is 0 Å². The van der Waals surface area contributed by atoms with Crippen LogP contribution in [0.5, 0.6) is 0 Å². The van der Waals surface area contributed by atoms with Crippen molar-refractivity contribution < 1.29 is 4.74 Å². The second kappa shape index (κ2) is 9.20. The normalized spacial score (nSPS) is 15.4. The highest BCUT2D eigenvalue weighted by atomic mass is 32.1. The Labute approximate surface area is 175 Å². The maximum atomic E-state index is 5.43. The van der Waals surface area contributed by atoms with Gasteiger partial charge < -0.3 is 9.64 Å². The molecule has 0 atom stereocenters. The fourth-order valence-corrected chi connectivity index (χ4v) is 4.19. The zero-order valence-corrected chi connectivity index (χ0v) is 17.7. The Morgan fingerprint density at radius 1 is 1.03 bits per heavy atom. The van der Waals surface area contributed by atoms with E-state index in [9.17, 15) is 0 Å². The summed E-state index contributed by atoms with van der Waals surface area (Å²) < 4.78 is 7.35. The van der Waals surface area contributed by atoms with Crippen LogP contribution in [0.2, 0.25) is 0 Å². The van der Waals surface area contributed by atoms with E-state index < -0.39 is 0 Å². The summed E-state index contributed by atoms with van der Waals surface area (Å²) in [6.45, 7) is 5.65. The quantitative estimate of drug-likeness (QED) is 0.601. The van der Waals surface area contributed by atoms with Crippen molar-refractivity contribution in [2.45, 2.75) is 13.3 Å². The topological polar surface area (TPSA) is 42.1 Å². The van der Waals surface area contributed by atoms with Crippen LogP contribution >= 0.6 is 11.3 Å². The van der Waals surface area contributed by atoms with E-state index in [1.165, 1.54) is 11.3 Å². The molecule has 0 N–H and O–H groups in total. The van der Waals surface area contributed by atoms with Crippen molar-refractivity contribution in [2.75, 3.05) is 38.3 Å². The van der Waals surface area contributed by atoms with Crippen molar-refractivity contribution in [3.63, 3.8) is 0 Å². The van der Waals surface area contributed by atoms with E-state index in [1.807, 2.05) is 10.9 Å². The number of nitrogens with zero attached hydrogens (tertiary/aromatic N) is 4. The lowest BCUT2D eigenvalue weighted by Gasteiger charge is -2.28. The lowest BCUT2D eigenvalue weighted by Crippen LogP contribution is -2.36. The number of hydrogen-bond acceptors (Lipinski definition) is 5. The maximum Gasteiger partial charge on any atom is 0.205 e. The third kappa shape index (κ3) is 4.49. The molecule has 1 saturated heterocycles. The number of anilines is 1. The highest BCUT2D eigenvalue weighted by Gasteiger charge is 2.11. The van der Waals surface area contributed by atoms with Gasteiger partial charge in [0.25, 0.3) is 0 Å². The number of thiazole rings is 1. The number of ether oxygens (including phenoxy) is 1. The summed E-state index contributed by atoms with van der Waals surface area (Å²) in [4.78, 5) is 7.61. The molecule has 1 aliphatic rings. The highest BCUT2D eigenvalue weighted by molar-refractivity contribution is 7.07. The molecule has 0 saturated carbocycles. The fraction of sp³-hybridized carbons (Fsp3) is 0.304. The molecule has 29 heavy (non-hydrogen) atoms. The van der Waals surface area contributed by atoms with Gasteiger partial charge in [-0.2, -0.15) is 5.10 Å². The Bertz CT molecular complexity index is 1030. The molecule has 4 rings (SSSR count). The van der Waals surface area contributed by atoms with E-state index in [1.54, 1.807) is 18.4 Å². The number of benzene rings is 2. The van der Waals surface area contributed by atoms with E-state index in [4.69, 9.17) is 9.84 Å². The number of aryl methyl sites for hydroxylation is 1. The first kappa shape index (κ1) is 19.6.